The SMILES string of the molecule is CCNC(=O)[C@@H](Cc1ccccc1)N(Cc1ccccc1C)C(=O)CN(c1cccc(C(F)(F)F)c1)S(=O)(=O)c1ccccc1. The molecule has 0 saturated carbocycles. The van der Waals surface area contributed by atoms with Gasteiger partial charge in [0.25, 0.3) is 10.0 Å². The van der Waals surface area contributed by atoms with Crippen LogP contribution in [0, 0.1) is 6.92 Å². The summed E-state index contributed by atoms with van der Waals surface area (Å²) in [4.78, 5) is 29.0. The highest BCUT2D eigenvalue weighted by Crippen LogP contribution is 2.33. The number of amides is 2. The average molecular weight is 638 g/mol. The minimum absolute atomic E-state index is 0.0397. The fourth-order valence-corrected chi connectivity index (χ4v) is 6.33. The highest BCUT2D eigenvalue weighted by molar-refractivity contribution is 7.92. The van der Waals surface area contributed by atoms with E-state index < -0.39 is 46.2 Å². The zero-order valence-corrected chi connectivity index (χ0v) is 25.7. The van der Waals surface area contributed by atoms with Gasteiger partial charge in [0.1, 0.15) is 12.6 Å². The van der Waals surface area contributed by atoms with Crippen LogP contribution in [-0.2, 0) is 38.8 Å². The van der Waals surface area contributed by atoms with Crippen molar-refractivity contribution < 1.29 is 31.2 Å². The van der Waals surface area contributed by atoms with E-state index in [0.29, 0.717) is 10.4 Å². The van der Waals surface area contributed by atoms with Crippen LogP contribution in [0.1, 0.15) is 29.2 Å². The smallest absolute Gasteiger partial charge is 0.355 e. The lowest BCUT2D eigenvalue weighted by Crippen LogP contribution is -2.53. The molecule has 0 heterocycles. The number of carbonyl (C=O) groups is 2. The molecule has 45 heavy (non-hydrogen) atoms. The molecule has 0 saturated heterocycles. The summed E-state index contributed by atoms with van der Waals surface area (Å²) in [5.74, 6) is -1.21. The topological polar surface area (TPSA) is 86.8 Å². The molecule has 0 radical (unpaired) electrons. The molecule has 0 spiro atoms. The molecule has 1 atom stereocenters. The molecule has 2 amide bonds. The molecule has 4 rings (SSSR count). The summed E-state index contributed by atoms with van der Waals surface area (Å²) in [6.07, 6.45) is -4.63. The Kier molecular flexibility index (Phi) is 10.7. The number of hydrogen-bond donors (Lipinski definition) is 1. The van der Waals surface area contributed by atoms with Gasteiger partial charge in [0, 0.05) is 19.5 Å². The molecule has 0 aliphatic carbocycles. The first-order chi connectivity index (χ1) is 21.4. The van der Waals surface area contributed by atoms with Crippen molar-refractivity contribution in [2.24, 2.45) is 0 Å². The van der Waals surface area contributed by atoms with E-state index in [-0.39, 0.29) is 30.1 Å². The number of sulfonamides is 1. The standard InChI is InChI=1S/C34H34F3N3O4S/c1-3-38-33(42)31(21-26-14-6-4-7-15-26)39(23-27-16-11-10-13-25(27)2)32(41)24-40(45(43,44)30-19-8-5-9-20-30)29-18-12-17-28(22-29)34(35,36)37/h4-20,22,31H,3,21,23-24H2,1-2H3,(H,38,42)/t31-/m1/s1. The number of rotatable bonds is 12. The maximum atomic E-state index is 14.4. The van der Waals surface area contributed by atoms with Crippen LogP contribution in [0.3, 0.4) is 0 Å². The third kappa shape index (κ3) is 8.30. The lowest BCUT2D eigenvalue weighted by Gasteiger charge is -2.34. The second kappa shape index (κ2) is 14.4. The Hall–Kier alpha value is -4.64. The molecule has 1 N–H and O–H groups in total. The van der Waals surface area contributed by atoms with Gasteiger partial charge in [-0.15, -0.1) is 0 Å². The number of nitrogens with zero attached hydrogens (tertiary/aromatic N) is 2. The van der Waals surface area contributed by atoms with E-state index >= 15 is 0 Å². The fourth-order valence-electron chi connectivity index (χ4n) is 4.90. The lowest BCUT2D eigenvalue weighted by atomic mass is 10.0. The molecular formula is C34H34F3N3O4S. The van der Waals surface area contributed by atoms with Crippen LogP contribution < -0.4 is 9.62 Å². The summed E-state index contributed by atoms with van der Waals surface area (Å²) in [6.45, 7) is 2.99. The Balaban J connectivity index is 1.84. The van der Waals surface area contributed by atoms with Crippen LogP contribution >= 0.6 is 0 Å². The van der Waals surface area contributed by atoms with E-state index in [0.717, 1.165) is 28.8 Å². The second-order valence-corrected chi connectivity index (χ2v) is 12.3. The predicted octanol–water partition coefficient (Wildman–Crippen LogP) is 5.99. The largest absolute Gasteiger partial charge is 0.416 e. The predicted molar refractivity (Wildman–Crippen MR) is 167 cm³/mol. The minimum atomic E-state index is -4.75. The summed E-state index contributed by atoms with van der Waals surface area (Å²) in [5.41, 5.74) is 0.932. The Morgan fingerprint density at radius 1 is 0.844 bits per heavy atom. The Labute approximate surface area is 261 Å². The second-order valence-electron chi connectivity index (χ2n) is 10.4. The molecule has 0 aromatic heterocycles. The summed E-state index contributed by atoms with van der Waals surface area (Å²) < 4.78 is 69.7. The number of hydrogen-bond acceptors (Lipinski definition) is 4. The van der Waals surface area contributed by atoms with Gasteiger partial charge in [0.15, 0.2) is 0 Å². The number of nitrogens with one attached hydrogen (secondary N) is 1. The van der Waals surface area contributed by atoms with Crippen molar-refractivity contribution in [3.8, 4) is 0 Å². The van der Waals surface area contributed by atoms with Gasteiger partial charge in [0.2, 0.25) is 11.8 Å². The quantitative estimate of drug-likeness (QED) is 0.207. The Morgan fingerprint density at radius 3 is 2.09 bits per heavy atom. The maximum Gasteiger partial charge on any atom is 0.416 e. The molecule has 0 unspecified atom stereocenters. The number of halogens is 3. The molecule has 4 aromatic rings. The van der Waals surface area contributed by atoms with Crippen LogP contribution in [-0.4, -0.2) is 44.3 Å². The van der Waals surface area contributed by atoms with Gasteiger partial charge in [-0.1, -0.05) is 78.9 Å². The summed E-state index contributed by atoms with van der Waals surface area (Å²) in [6, 6.07) is 26.3. The molecular weight excluding hydrogens is 603 g/mol. The van der Waals surface area contributed by atoms with Crippen molar-refractivity contribution in [1.82, 2.24) is 10.2 Å². The zero-order valence-electron chi connectivity index (χ0n) is 24.9. The molecule has 11 heteroatoms. The van der Waals surface area contributed by atoms with Crippen molar-refractivity contribution in [3.05, 3.63) is 131 Å². The first-order valence-electron chi connectivity index (χ1n) is 14.3. The van der Waals surface area contributed by atoms with E-state index in [2.05, 4.69) is 5.32 Å². The van der Waals surface area contributed by atoms with E-state index in [1.807, 2.05) is 37.3 Å². The van der Waals surface area contributed by atoms with Crippen LogP contribution in [0.15, 0.2) is 114 Å². The van der Waals surface area contributed by atoms with E-state index in [1.165, 1.54) is 35.2 Å². The third-order valence-corrected chi connectivity index (χ3v) is 9.08. The van der Waals surface area contributed by atoms with Crippen LogP contribution in [0.2, 0.25) is 0 Å². The van der Waals surface area contributed by atoms with Crippen molar-refractivity contribution in [1.29, 1.82) is 0 Å². The molecule has 0 fully saturated rings. The van der Waals surface area contributed by atoms with Gasteiger partial charge in [0.05, 0.1) is 16.1 Å². The normalized spacial score (nSPS) is 12.3. The zero-order chi connectivity index (χ0) is 32.6. The monoisotopic (exact) mass is 637 g/mol. The number of anilines is 1. The molecule has 0 aliphatic rings. The van der Waals surface area contributed by atoms with E-state index in [4.69, 9.17) is 0 Å². The first-order valence-corrected chi connectivity index (χ1v) is 15.8. The van der Waals surface area contributed by atoms with Crippen molar-refractivity contribution in [2.75, 3.05) is 17.4 Å². The average Bonchev–Trinajstić information content (AvgIpc) is 3.03. The Bertz CT molecular complexity index is 1720. The molecule has 7 nitrogen and oxygen atoms in total. The van der Waals surface area contributed by atoms with Crippen molar-refractivity contribution in [3.63, 3.8) is 0 Å². The summed E-state index contributed by atoms with van der Waals surface area (Å²) >= 11 is 0. The molecule has 236 valence electrons. The number of aryl methyl sites for hydroxylation is 1. The number of benzene rings is 4. The van der Waals surface area contributed by atoms with Crippen LogP contribution in [0.25, 0.3) is 0 Å². The van der Waals surface area contributed by atoms with E-state index in [1.54, 1.807) is 37.3 Å². The number of alkyl halides is 3. The lowest BCUT2D eigenvalue weighted by molar-refractivity contribution is -0.140. The van der Waals surface area contributed by atoms with Crippen molar-refractivity contribution >= 4 is 27.5 Å². The van der Waals surface area contributed by atoms with Crippen LogP contribution in [0.4, 0.5) is 18.9 Å². The molecule has 0 bridgehead atoms. The molecule has 0 aliphatic heterocycles. The summed E-state index contributed by atoms with van der Waals surface area (Å²) in [7, 11) is -4.52. The van der Waals surface area contributed by atoms with Gasteiger partial charge in [-0.05, 0) is 60.9 Å². The molecule has 4 aromatic carbocycles. The van der Waals surface area contributed by atoms with Gasteiger partial charge < -0.3 is 10.2 Å². The fraction of sp³-hybridized carbons (Fsp3) is 0.235. The van der Waals surface area contributed by atoms with Gasteiger partial charge >= 0.3 is 6.18 Å². The highest BCUT2D eigenvalue weighted by atomic mass is 32.2. The highest BCUT2D eigenvalue weighted by Gasteiger charge is 2.36. The third-order valence-electron chi connectivity index (χ3n) is 7.30. The first kappa shape index (κ1) is 33.3. The van der Waals surface area contributed by atoms with E-state index in [9.17, 15) is 31.2 Å². The maximum absolute atomic E-state index is 14.4. The van der Waals surface area contributed by atoms with Gasteiger partial charge in [-0.25, -0.2) is 8.42 Å². The van der Waals surface area contributed by atoms with Gasteiger partial charge in [-0.3, -0.25) is 13.9 Å². The summed E-state index contributed by atoms with van der Waals surface area (Å²) in [5, 5.41) is 2.78. The number of carbonyl (C=O) groups excluding carboxylic acids is 2. The van der Waals surface area contributed by atoms with Crippen LogP contribution in [0.5, 0.6) is 0 Å². The Morgan fingerprint density at radius 2 is 1.47 bits per heavy atom. The number of likely N-dealkylation sites (N-methyl/N-ethyl adjacent to an activating group) is 1. The van der Waals surface area contributed by atoms with Gasteiger partial charge in [-0.2, -0.15) is 13.2 Å². The minimum Gasteiger partial charge on any atom is -0.355 e. The van der Waals surface area contributed by atoms with Crippen molar-refractivity contribution in [2.45, 2.75) is 43.9 Å².